The summed E-state index contributed by atoms with van der Waals surface area (Å²) in [5.41, 5.74) is 3.01. The van der Waals surface area contributed by atoms with E-state index in [0.29, 0.717) is 22.8 Å². The van der Waals surface area contributed by atoms with Crippen LogP contribution in [-0.2, 0) is 0 Å². The molecule has 3 aromatic carbocycles. The van der Waals surface area contributed by atoms with E-state index in [1.807, 2.05) is 66.7 Å². The van der Waals surface area contributed by atoms with Crippen molar-refractivity contribution in [3.05, 3.63) is 77.9 Å². The number of anilines is 2. The summed E-state index contributed by atoms with van der Waals surface area (Å²) in [5, 5.41) is 3.49. The minimum absolute atomic E-state index is 0.0794. The highest BCUT2D eigenvalue weighted by Crippen LogP contribution is 2.43. The zero-order valence-electron chi connectivity index (χ0n) is 16.5. The van der Waals surface area contributed by atoms with Crippen LogP contribution in [0.1, 0.15) is 22.1 Å². The molecular formula is C23H22N2O4. The molecule has 29 heavy (non-hydrogen) atoms. The fourth-order valence-corrected chi connectivity index (χ4v) is 3.60. The molecule has 1 heterocycles. The third-order valence-electron chi connectivity index (χ3n) is 4.96. The van der Waals surface area contributed by atoms with Crippen molar-refractivity contribution in [3.8, 4) is 17.2 Å². The molecule has 0 spiro atoms. The van der Waals surface area contributed by atoms with Crippen LogP contribution in [0.5, 0.6) is 17.2 Å². The molecule has 6 heteroatoms. The van der Waals surface area contributed by atoms with Crippen molar-refractivity contribution in [3.63, 3.8) is 0 Å². The number of hydrogen-bond donors (Lipinski definition) is 1. The Morgan fingerprint density at radius 2 is 1.45 bits per heavy atom. The molecule has 6 nitrogen and oxygen atoms in total. The van der Waals surface area contributed by atoms with E-state index in [-0.39, 0.29) is 5.91 Å². The molecular weight excluding hydrogens is 368 g/mol. The molecule has 1 aliphatic heterocycles. The number of nitrogens with one attached hydrogen (secondary N) is 1. The van der Waals surface area contributed by atoms with Gasteiger partial charge in [-0.15, -0.1) is 0 Å². The minimum Gasteiger partial charge on any atom is -0.493 e. The summed E-state index contributed by atoms with van der Waals surface area (Å²) in [6, 6.07) is 20.8. The predicted octanol–water partition coefficient (Wildman–Crippen LogP) is 4.48. The van der Waals surface area contributed by atoms with E-state index in [1.165, 1.54) is 0 Å². The Bertz CT molecular complexity index is 1010. The van der Waals surface area contributed by atoms with Crippen LogP contribution in [0.25, 0.3) is 0 Å². The van der Waals surface area contributed by atoms with E-state index in [4.69, 9.17) is 14.2 Å². The monoisotopic (exact) mass is 390 g/mol. The number of fused-ring (bicyclic) bond motifs is 1. The van der Waals surface area contributed by atoms with Crippen LogP contribution in [0.4, 0.5) is 11.4 Å². The first-order valence-corrected chi connectivity index (χ1v) is 9.22. The zero-order valence-corrected chi connectivity index (χ0v) is 16.5. The van der Waals surface area contributed by atoms with E-state index in [9.17, 15) is 4.79 Å². The Kier molecular flexibility index (Phi) is 4.99. The summed E-state index contributed by atoms with van der Waals surface area (Å²) in [5.74, 6) is 1.49. The standard InChI is InChI=1S/C23H22N2O4/c1-27-19-13-15(14-20(28-2)21(19)29-3)22-24-18-12-8-7-11-17(18)23(26)25(22)16-9-5-4-6-10-16/h4-14,22,24H,1-3H3/t22-/m0/s1. The maximum Gasteiger partial charge on any atom is 0.262 e. The van der Waals surface area contributed by atoms with Crippen LogP contribution in [0.2, 0.25) is 0 Å². The molecule has 0 aliphatic carbocycles. The third kappa shape index (κ3) is 3.23. The smallest absolute Gasteiger partial charge is 0.262 e. The van der Waals surface area contributed by atoms with Crippen LogP contribution in [-0.4, -0.2) is 27.2 Å². The quantitative estimate of drug-likeness (QED) is 0.696. The highest BCUT2D eigenvalue weighted by Gasteiger charge is 2.35. The maximum atomic E-state index is 13.4. The Labute approximate surface area is 169 Å². The Balaban J connectivity index is 1.89. The van der Waals surface area contributed by atoms with Crippen molar-refractivity contribution in [1.29, 1.82) is 0 Å². The first-order chi connectivity index (χ1) is 14.2. The number of rotatable bonds is 5. The lowest BCUT2D eigenvalue weighted by Crippen LogP contribution is -2.43. The predicted molar refractivity (Wildman–Crippen MR) is 112 cm³/mol. The van der Waals surface area contributed by atoms with Gasteiger partial charge in [0.1, 0.15) is 6.17 Å². The molecule has 4 rings (SSSR count). The molecule has 1 amide bonds. The minimum atomic E-state index is -0.450. The van der Waals surface area contributed by atoms with Gasteiger partial charge in [-0.05, 0) is 36.4 Å². The second kappa shape index (κ2) is 7.75. The lowest BCUT2D eigenvalue weighted by Gasteiger charge is -2.38. The zero-order chi connectivity index (χ0) is 20.4. The van der Waals surface area contributed by atoms with E-state index >= 15 is 0 Å². The van der Waals surface area contributed by atoms with Gasteiger partial charge in [-0.1, -0.05) is 30.3 Å². The average molecular weight is 390 g/mol. The molecule has 0 fully saturated rings. The van der Waals surface area contributed by atoms with Gasteiger partial charge in [-0.25, -0.2) is 0 Å². The van der Waals surface area contributed by atoms with Gasteiger partial charge in [0.2, 0.25) is 5.75 Å². The number of para-hydroxylation sites is 2. The molecule has 148 valence electrons. The topological polar surface area (TPSA) is 60.0 Å². The largest absolute Gasteiger partial charge is 0.493 e. The molecule has 0 saturated heterocycles. The second-order valence-electron chi connectivity index (χ2n) is 6.56. The Hall–Kier alpha value is -3.67. The van der Waals surface area contributed by atoms with Gasteiger partial charge in [0.05, 0.1) is 26.9 Å². The summed E-state index contributed by atoms with van der Waals surface area (Å²) in [7, 11) is 4.71. The van der Waals surface area contributed by atoms with Crippen LogP contribution in [0.3, 0.4) is 0 Å². The van der Waals surface area contributed by atoms with Crippen molar-refractivity contribution in [1.82, 2.24) is 0 Å². The van der Waals surface area contributed by atoms with Gasteiger partial charge in [0.15, 0.2) is 11.5 Å². The molecule has 0 unspecified atom stereocenters. The number of methoxy groups -OCH3 is 3. The molecule has 1 aliphatic rings. The number of nitrogens with zero attached hydrogens (tertiary/aromatic N) is 1. The summed E-state index contributed by atoms with van der Waals surface area (Å²) >= 11 is 0. The normalized spacial score (nSPS) is 15.3. The van der Waals surface area contributed by atoms with E-state index < -0.39 is 6.17 Å². The lowest BCUT2D eigenvalue weighted by atomic mass is 10.0. The van der Waals surface area contributed by atoms with Gasteiger partial charge >= 0.3 is 0 Å². The molecule has 1 N–H and O–H groups in total. The fourth-order valence-electron chi connectivity index (χ4n) is 3.60. The fraction of sp³-hybridized carbons (Fsp3) is 0.174. The van der Waals surface area contributed by atoms with E-state index in [2.05, 4.69) is 5.32 Å². The highest BCUT2D eigenvalue weighted by atomic mass is 16.5. The number of benzene rings is 3. The van der Waals surface area contributed by atoms with Crippen molar-refractivity contribution in [2.24, 2.45) is 0 Å². The van der Waals surface area contributed by atoms with Crippen LogP contribution in [0.15, 0.2) is 66.7 Å². The van der Waals surface area contributed by atoms with Gasteiger partial charge in [-0.2, -0.15) is 0 Å². The van der Waals surface area contributed by atoms with Gasteiger partial charge in [0, 0.05) is 16.9 Å². The number of amides is 1. The molecule has 1 atom stereocenters. The summed E-state index contributed by atoms with van der Waals surface area (Å²) in [4.78, 5) is 15.2. The first-order valence-electron chi connectivity index (χ1n) is 9.22. The average Bonchev–Trinajstić information content (AvgIpc) is 2.78. The van der Waals surface area contributed by atoms with Gasteiger partial charge in [0.25, 0.3) is 5.91 Å². The van der Waals surface area contributed by atoms with Gasteiger partial charge < -0.3 is 19.5 Å². The maximum absolute atomic E-state index is 13.4. The van der Waals surface area contributed by atoms with Crippen LogP contribution in [0, 0.1) is 0 Å². The van der Waals surface area contributed by atoms with Crippen LogP contribution < -0.4 is 24.4 Å². The van der Waals surface area contributed by atoms with Crippen molar-refractivity contribution < 1.29 is 19.0 Å². The first kappa shape index (κ1) is 18.7. The third-order valence-corrected chi connectivity index (χ3v) is 4.96. The molecule has 3 aromatic rings. The molecule has 0 aromatic heterocycles. The van der Waals surface area contributed by atoms with Crippen molar-refractivity contribution >= 4 is 17.3 Å². The highest BCUT2D eigenvalue weighted by molar-refractivity contribution is 6.12. The van der Waals surface area contributed by atoms with Crippen molar-refractivity contribution in [2.45, 2.75) is 6.17 Å². The van der Waals surface area contributed by atoms with Gasteiger partial charge in [-0.3, -0.25) is 9.69 Å². The number of ether oxygens (including phenoxy) is 3. The summed E-state index contributed by atoms with van der Waals surface area (Å²) in [6.45, 7) is 0. The molecule has 0 radical (unpaired) electrons. The summed E-state index contributed by atoms with van der Waals surface area (Å²) in [6.07, 6.45) is -0.450. The Morgan fingerprint density at radius 3 is 2.07 bits per heavy atom. The molecule has 0 saturated carbocycles. The van der Waals surface area contributed by atoms with Crippen molar-refractivity contribution in [2.75, 3.05) is 31.5 Å². The number of hydrogen-bond acceptors (Lipinski definition) is 5. The number of carbonyl (C=O) groups is 1. The SMILES string of the molecule is COc1cc([C@H]2Nc3ccccc3C(=O)N2c2ccccc2)cc(OC)c1OC. The molecule has 0 bridgehead atoms. The lowest BCUT2D eigenvalue weighted by molar-refractivity contribution is 0.0975. The number of carbonyl (C=O) groups excluding carboxylic acids is 1. The second-order valence-corrected chi connectivity index (χ2v) is 6.56. The van der Waals surface area contributed by atoms with E-state index in [0.717, 1.165) is 16.9 Å². The summed E-state index contributed by atoms with van der Waals surface area (Å²) < 4.78 is 16.5. The Morgan fingerprint density at radius 1 is 0.828 bits per heavy atom. The van der Waals surface area contributed by atoms with Crippen LogP contribution >= 0.6 is 0 Å². The van der Waals surface area contributed by atoms with E-state index in [1.54, 1.807) is 26.2 Å².